The smallest absolute Gasteiger partial charge is 0.115 e. The second-order valence-corrected chi connectivity index (χ2v) is 3.01. The fraction of sp³-hybridized carbons (Fsp3) is 0.500. The minimum atomic E-state index is 0.297. The molecule has 0 aromatic carbocycles. The molecule has 2 rings (SSSR count). The van der Waals surface area contributed by atoms with E-state index in [-0.39, 0.29) is 0 Å². The average Bonchev–Trinajstić information content (AvgIpc) is 2.53. The number of aromatic nitrogens is 2. The van der Waals surface area contributed by atoms with E-state index >= 15 is 0 Å². The molecule has 1 aromatic rings. The zero-order valence-electron chi connectivity index (χ0n) is 7.07. The highest BCUT2D eigenvalue weighted by Crippen LogP contribution is 2.17. The maximum atomic E-state index is 3.99. The van der Waals surface area contributed by atoms with Crippen LogP contribution in [0.5, 0.6) is 0 Å². The molecule has 12 heavy (non-hydrogen) atoms. The van der Waals surface area contributed by atoms with Crippen molar-refractivity contribution in [3.05, 3.63) is 24.3 Å². The van der Waals surface area contributed by atoms with Gasteiger partial charge in [-0.3, -0.25) is 10.2 Å². The minimum Gasteiger partial charge on any atom is -0.297 e. The van der Waals surface area contributed by atoms with E-state index in [1.807, 2.05) is 12.4 Å². The fourth-order valence-electron chi connectivity index (χ4n) is 1.49. The lowest BCUT2D eigenvalue weighted by molar-refractivity contribution is 0.300. The van der Waals surface area contributed by atoms with Crippen LogP contribution in [-0.4, -0.2) is 35.0 Å². The predicted octanol–water partition coefficient (Wildman–Crippen LogP) is 0.0102. The summed E-state index contributed by atoms with van der Waals surface area (Å²) in [6, 6.07) is 0. The van der Waals surface area contributed by atoms with Gasteiger partial charge in [-0.1, -0.05) is 0 Å². The first kappa shape index (κ1) is 7.64. The summed E-state index contributed by atoms with van der Waals surface area (Å²) in [6.45, 7) is 2.12. The van der Waals surface area contributed by atoms with Gasteiger partial charge in [0.25, 0.3) is 0 Å². The van der Waals surface area contributed by atoms with Gasteiger partial charge in [0.15, 0.2) is 0 Å². The van der Waals surface area contributed by atoms with E-state index in [9.17, 15) is 0 Å². The number of likely N-dealkylation sites (N-methyl/N-ethyl adjacent to an activating group) is 1. The first-order valence-corrected chi connectivity index (χ1v) is 4.06. The number of nitrogens with zero attached hydrogens (tertiary/aromatic N) is 3. The van der Waals surface area contributed by atoms with E-state index in [2.05, 4.69) is 27.2 Å². The van der Waals surface area contributed by atoms with Crippen LogP contribution < -0.4 is 5.32 Å². The van der Waals surface area contributed by atoms with Crippen LogP contribution in [0.1, 0.15) is 11.7 Å². The van der Waals surface area contributed by atoms with Crippen LogP contribution in [0.25, 0.3) is 0 Å². The zero-order chi connectivity index (χ0) is 8.39. The first-order chi connectivity index (χ1) is 5.88. The standard InChI is InChI=1S/C8H12N4/c1-12-3-2-11-8(12)7-4-9-6-10-5-7/h4-6,8,11H,2-3H2,1H3. The predicted molar refractivity (Wildman–Crippen MR) is 45.4 cm³/mol. The van der Waals surface area contributed by atoms with E-state index in [4.69, 9.17) is 0 Å². The van der Waals surface area contributed by atoms with Gasteiger partial charge in [-0.2, -0.15) is 0 Å². The Labute approximate surface area is 71.6 Å². The van der Waals surface area contributed by atoms with Gasteiger partial charge in [0.1, 0.15) is 6.33 Å². The molecule has 1 aliphatic heterocycles. The molecule has 1 atom stereocenters. The third kappa shape index (κ3) is 1.31. The quantitative estimate of drug-likeness (QED) is 0.635. The molecule has 0 amide bonds. The second-order valence-electron chi connectivity index (χ2n) is 3.01. The Morgan fingerprint density at radius 1 is 1.50 bits per heavy atom. The van der Waals surface area contributed by atoms with Crippen molar-refractivity contribution in [2.24, 2.45) is 0 Å². The Kier molecular flexibility index (Phi) is 2.01. The Balaban J connectivity index is 2.19. The summed E-state index contributed by atoms with van der Waals surface area (Å²) < 4.78 is 0. The first-order valence-electron chi connectivity index (χ1n) is 4.06. The van der Waals surface area contributed by atoms with Gasteiger partial charge in [-0.05, 0) is 7.05 Å². The molecule has 1 unspecified atom stereocenters. The molecule has 4 heteroatoms. The molecule has 1 saturated heterocycles. The van der Waals surface area contributed by atoms with Crippen molar-refractivity contribution in [3.8, 4) is 0 Å². The van der Waals surface area contributed by atoms with Gasteiger partial charge in [-0.15, -0.1) is 0 Å². The van der Waals surface area contributed by atoms with Gasteiger partial charge >= 0.3 is 0 Å². The topological polar surface area (TPSA) is 41.0 Å². The highest BCUT2D eigenvalue weighted by Gasteiger charge is 2.21. The molecule has 1 aromatic heterocycles. The van der Waals surface area contributed by atoms with Crippen LogP contribution >= 0.6 is 0 Å². The van der Waals surface area contributed by atoms with Crippen LogP contribution in [0.2, 0.25) is 0 Å². The molecule has 0 spiro atoms. The SMILES string of the molecule is CN1CCNC1c1cncnc1. The maximum Gasteiger partial charge on any atom is 0.115 e. The summed E-state index contributed by atoms with van der Waals surface area (Å²) in [5, 5.41) is 3.37. The van der Waals surface area contributed by atoms with Crippen molar-refractivity contribution in [1.82, 2.24) is 20.2 Å². The second kappa shape index (κ2) is 3.16. The molecule has 1 aliphatic rings. The molecule has 2 heterocycles. The fourth-order valence-corrected chi connectivity index (χ4v) is 1.49. The molecule has 4 nitrogen and oxygen atoms in total. The highest BCUT2D eigenvalue weighted by molar-refractivity contribution is 5.09. The summed E-state index contributed by atoms with van der Waals surface area (Å²) in [5.74, 6) is 0. The molecule has 1 fully saturated rings. The van der Waals surface area contributed by atoms with Gasteiger partial charge in [0.2, 0.25) is 0 Å². The monoisotopic (exact) mass is 164 g/mol. The van der Waals surface area contributed by atoms with Crippen molar-refractivity contribution in [2.45, 2.75) is 6.17 Å². The van der Waals surface area contributed by atoms with Crippen molar-refractivity contribution >= 4 is 0 Å². The summed E-state index contributed by atoms with van der Waals surface area (Å²) in [4.78, 5) is 10.2. The Hall–Kier alpha value is -1.00. The lowest BCUT2D eigenvalue weighted by atomic mass is 10.2. The normalized spacial score (nSPS) is 24.6. The molecule has 64 valence electrons. The molecule has 0 aliphatic carbocycles. The van der Waals surface area contributed by atoms with Crippen molar-refractivity contribution in [2.75, 3.05) is 20.1 Å². The van der Waals surface area contributed by atoms with Crippen LogP contribution in [0.4, 0.5) is 0 Å². The third-order valence-corrected chi connectivity index (χ3v) is 2.14. The molecule has 0 saturated carbocycles. The Morgan fingerprint density at radius 2 is 2.25 bits per heavy atom. The lowest BCUT2D eigenvalue weighted by Gasteiger charge is -2.18. The van der Waals surface area contributed by atoms with Crippen molar-refractivity contribution in [1.29, 1.82) is 0 Å². The van der Waals surface area contributed by atoms with E-state index < -0.39 is 0 Å². The Morgan fingerprint density at radius 3 is 2.83 bits per heavy atom. The van der Waals surface area contributed by atoms with Crippen LogP contribution in [-0.2, 0) is 0 Å². The molecular formula is C8H12N4. The number of hydrogen-bond donors (Lipinski definition) is 1. The van der Waals surface area contributed by atoms with E-state index in [0.29, 0.717) is 6.17 Å². The molecule has 0 radical (unpaired) electrons. The van der Waals surface area contributed by atoms with Crippen LogP contribution in [0.3, 0.4) is 0 Å². The van der Waals surface area contributed by atoms with Crippen molar-refractivity contribution in [3.63, 3.8) is 0 Å². The average molecular weight is 164 g/mol. The van der Waals surface area contributed by atoms with Gasteiger partial charge in [-0.25, -0.2) is 9.97 Å². The third-order valence-electron chi connectivity index (χ3n) is 2.14. The van der Waals surface area contributed by atoms with Gasteiger partial charge in [0, 0.05) is 31.0 Å². The molecule has 0 bridgehead atoms. The van der Waals surface area contributed by atoms with Crippen LogP contribution in [0, 0.1) is 0 Å². The summed E-state index contributed by atoms with van der Waals surface area (Å²) >= 11 is 0. The van der Waals surface area contributed by atoms with Crippen LogP contribution in [0.15, 0.2) is 18.7 Å². The maximum absolute atomic E-state index is 3.99. The van der Waals surface area contributed by atoms with E-state index in [1.165, 1.54) is 0 Å². The Bertz CT molecular complexity index is 248. The van der Waals surface area contributed by atoms with E-state index in [0.717, 1.165) is 18.7 Å². The van der Waals surface area contributed by atoms with Gasteiger partial charge < -0.3 is 0 Å². The molecular weight excluding hydrogens is 152 g/mol. The summed E-state index contributed by atoms with van der Waals surface area (Å²) in [6.07, 6.45) is 5.56. The van der Waals surface area contributed by atoms with Gasteiger partial charge in [0.05, 0.1) is 6.17 Å². The number of nitrogens with one attached hydrogen (secondary N) is 1. The molecule has 1 N–H and O–H groups in total. The summed E-state index contributed by atoms with van der Waals surface area (Å²) in [5.41, 5.74) is 1.14. The van der Waals surface area contributed by atoms with E-state index in [1.54, 1.807) is 6.33 Å². The summed E-state index contributed by atoms with van der Waals surface area (Å²) in [7, 11) is 2.09. The van der Waals surface area contributed by atoms with Crippen molar-refractivity contribution < 1.29 is 0 Å². The minimum absolute atomic E-state index is 0.297. The zero-order valence-corrected chi connectivity index (χ0v) is 7.07. The lowest BCUT2D eigenvalue weighted by Crippen LogP contribution is -2.23. The number of rotatable bonds is 1. The largest absolute Gasteiger partial charge is 0.297 e. The number of hydrogen-bond acceptors (Lipinski definition) is 4. The highest BCUT2D eigenvalue weighted by atomic mass is 15.3.